The van der Waals surface area contributed by atoms with Gasteiger partial charge < -0.3 is 9.47 Å². The van der Waals surface area contributed by atoms with Gasteiger partial charge in [-0.2, -0.15) is 5.10 Å². The first-order valence-electron chi connectivity index (χ1n) is 10.6. The number of aryl methyl sites for hydroxylation is 1. The third-order valence-electron chi connectivity index (χ3n) is 4.89. The third-order valence-corrected chi connectivity index (χ3v) is 6.62. The van der Waals surface area contributed by atoms with E-state index in [4.69, 9.17) is 9.47 Å². The van der Waals surface area contributed by atoms with Crippen molar-refractivity contribution in [2.75, 3.05) is 24.2 Å². The quantitative estimate of drug-likeness (QED) is 0.295. The Morgan fingerprint density at radius 2 is 1.80 bits per heavy atom. The molecule has 0 aliphatic rings. The maximum Gasteiger partial charge on any atom is 0.260 e. The van der Waals surface area contributed by atoms with Gasteiger partial charge in [0.1, 0.15) is 13.2 Å². The summed E-state index contributed by atoms with van der Waals surface area (Å²) in [5, 5.41) is 3.96. The normalized spacial score (nSPS) is 11.3. The number of hydrogen-bond acceptors (Lipinski definition) is 6. The van der Waals surface area contributed by atoms with E-state index in [9.17, 15) is 13.2 Å². The van der Waals surface area contributed by atoms with Gasteiger partial charge in [0.25, 0.3) is 5.91 Å². The first-order chi connectivity index (χ1) is 16.7. The Morgan fingerprint density at radius 1 is 1.11 bits per heavy atom. The second-order valence-corrected chi connectivity index (χ2v) is 10.5. The molecule has 184 valence electrons. The van der Waals surface area contributed by atoms with Gasteiger partial charge >= 0.3 is 0 Å². The van der Waals surface area contributed by atoms with E-state index in [0.717, 1.165) is 21.7 Å². The molecule has 1 N–H and O–H groups in total. The lowest BCUT2D eigenvalue weighted by molar-refractivity contribution is -0.119. The fourth-order valence-corrected chi connectivity index (χ4v) is 4.57. The lowest BCUT2D eigenvalue weighted by Gasteiger charge is -2.21. The van der Waals surface area contributed by atoms with Crippen molar-refractivity contribution in [3.05, 3.63) is 87.9 Å². The molecule has 3 aromatic rings. The molecule has 1 amide bonds. The summed E-state index contributed by atoms with van der Waals surface area (Å²) in [7, 11) is -2.13. The lowest BCUT2D eigenvalue weighted by Crippen LogP contribution is -2.39. The summed E-state index contributed by atoms with van der Waals surface area (Å²) >= 11 is 3.49. The molecule has 35 heavy (non-hydrogen) atoms. The molecule has 0 heterocycles. The van der Waals surface area contributed by atoms with Gasteiger partial charge in [-0.3, -0.25) is 9.10 Å². The zero-order valence-corrected chi connectivity index (χ0v) is 22.0. The first-order valence-corrected chi connectivity index (χ1v) is 13.2. The maximum atomic E-state index is 12.4. The molecular weight excluding hydrogens is 534 g/mol. The van der Waals surface area contributed by atoms with Gasteiger partial charge in [0.05, 0.1) is 29.7 Å². The zero-order chi connectivity index (χ0) is 25.4. The number of halogens is 1. The molecule has 0 atom stereocenters. The molecule has 0 fully saturated rings. The van der Waals surface area contributed by atoms with Crippen LogP contribution in [0.15, 0.2) is 76.3 Å². The third kappa shape index (κ3) is 7.56. The van der Waals surface area contributed by atoms with Crippen molar-refractivity contribution in [2.24, 2.45) is 5.10 Å². The molecule has 0 unspecified atom stereocenters. The molecule has 8 nitrogen and oxygen atoms in total. The number of methoxy groups -OCH3 is 1. The van der Waals surface area contributed by atoms with Crippen LogP contribution in [-0.4, -0.2) is 40.4 Å². The largest absolute Gasteiger partial charge is 0.493 e. The molecule has 0 radical (unpaired) electrons. The number of sulfonamides is 1. The number of hydrazone groups is 1. The van der Waals surface area contributed by atoms with Gasteiger partial charge in [0.2, 0.25) is 10.0 Å². The number of rotatable bonds is 10. The van der Waals surface area contributed by atoms with E-state index >= 15 is 0 Å². The van der Waals surface area contributed by atoms with Crippen molar-refractivity contribution in [2.45, 2.75) is 13.5 Å². The van der Waals surface area contributed by atoms with E-state index in [2.05, 4.69) is 26.5 Å². The monoisotopic (exact) mass is 559 g/mol. The number of ether oxygens (including phenoxy) is 2. The van der Waals surface area contributed by atoms with E-state index in [1.54, 1.807) is 36.4 Å². The average molecular weight is 560 g/mol. The SMILES string of the molecule is COc1cc(/C=N\NC(=O)CN(c2ccc(C)cc2)S(C)(=O)=O)cc(Br)c1OCc1ccccc1. The Labute approximate surface area is 213 Å². The van der Waals surface area contributed by atoms with Crippen LogP contribution >= 0.6 is 15.9 Å². The number of amides is 1. The fourth-order valence-electron chi connectivity index (χ4n) is 3.14. The molecule has 0 bridgehead atoms. The minimum Gasteiger partial charge on any atom is -0.493 e. The highest BCUT2D eigenvalue weighted by Gasteiger charge is 2.20. The number of hydrogen-bond donors (Lipinski definition) is 1. The summed E-state index contributed by atoms with van der Waals surface area (Å²) in [5.41, 5.74) is 5.41. The summed E-state index contributed by atoms with van der Waals surface area (Å²) in [4.78, 5) is 12.4. The topological polar surface area (TPSA) is 97.3 Å². The van der Waals surface area contributed by atoms with Crippen LogP contribution in [0.5, 0.6) is 11.5 Å². The highest BCUT2D eigenvalue weighted by molar-refractivity contribution is 9.10. The number of anilines is 1. The van der Waals surface area contributed by atoms with E-state index in [0.29, 0.717) is 33.8 Å². The number of nitrogens with zero attached hydrogens (tertiary/aromatic N) is 2. The van der Waals surface area contributed by atoms with Crippen LogP contribution in [0.1, 0.15) is 16.7 Å². The fraction of sp³-hybridized carbons (Fsp3) is 0.200. The molecule has 0 saturated carbocycles. The zero-order valence-electron chi connectivity index (χ0n) is 19.6. The molecule has 3 aromatic carbocycles. The first kappa shape index (κ1) is 26.2. The Hall–Kier alpha value is -3.37. The highest BCUT2D eigenvalue weighted by Crippen LogP contribution is 2.36. The molecule has 10 heteroatoms. The predicted octanol–water partition coefficient (Wildman–Crippen LogP) is 4.26. The summed E-state index contributed by atoms with van der Waals surface area (Å²) in [6.07, 6.45) is 2.48. The van der Waals surface area contributed by atoms with Crippen molar-refractivity contribution in [1.29, 1.82) is 0 Å². The van der Waals surface area contributed by atoms with Crippen LogP contribution in [0.25, 0.3) is 0 Å². The maximum absolute atomic E-state index is 12.4. The number of carbonyl (C=O) groups is 1. The van der Waals surface area contributed by atoms with Crippen molar-refractivity contribution in [3.63, 3.8) is 0 Å². The van der Waals surface area contributed by atoms with Crippen molar-refractivity contribution in [3.8, 4) is 11.5 Å². The Morgan fingerprint density at radius 3 is 2.43 bits per heavy atom. The van der Waals surface area contributed by atoms with Crippen LogP contribution in [-0.2, 0) is 21.4 Å². The predicted molar refractivity (Wildman–Crippen MR) is 141 cm³/mol. The Balaban J connectivity index is 1.67. The van der Waals surface area contributed by atoms with Crippen molar-refractivity contribution in [1.82, 2.24) is 5.43 Å². The van der Waals surface area contributed by atoms with E-state index in [1.807, 2.05) is 37.3 Å². The minimum absolute atomic E-state index is 0.372. The van der Waals surface area contributed by atoms with E-state index < -0.39 is 22.5 Å². The van der Waals surface area contributed by atoms with Crippen LogP contribution in [0.3, 0.4) is 0 Å². The van der Waals surface area contributed by atoms with Crippen molar-refractivity contribution < 1.29 is 22.7 Å². The summed E-state index contributed by atoms with van der Waals surface area (Å²) in [6, 6.07) is 20.1. The lowest BCUT2D eigenvalue weighted by atomic mass is 10.2. The molecular formula is C25H26BrN3O5S. The van der Waals surface area contributed by atoms with E-state index in [1.165, 1.54) is 13.3 Å². The second-order valence-electron chi connectivity index (χ2n) is 7.71. The van der Waals surface area contributed by atoms with Gasteiger partial charge in [0.15, 0.2) is 11.5 Å². The van der Waals surface area contributed by atoms with Crippen LogP contribution in [0.4, 0.5) is 5.69 Å². The second kappa shape index (κ2) is 11.9. The smallest absolute Gasteiger partial charge is 0.260 e. The molecule has 0 aliphatic carbocycles. The highest BCUT2D eigenvalue weighted by atomic mass is 79.9. The number of benzene rings is 3. The number of carbonyl (C=O) groups excluding carboxylic acids is 1. The van der Waals surface area contributed by atoms with E-state index in [-0.39, 0.29) is 0 Å². The minimum atomic E-state index is -3.66. The van der Waals surface area contributed by atoms with Crippen LogP contribution in [0.2, 0.25) is 0 Å². The molecule has 0 aliphatic heterocycles. The van der Waals surface area contributed by atoms with Gasteiger partial charge in [-0.1, -0.05) is 48.0 Å². The van der Waals surface area contributed by atoms with Gasteiger partial charge in [0, 0.05) is 0 Å². The summed E-state index contributed by atoms with van der Waals surface area (Å²) in [5.74, 6) is 0.450. The van der Waals surface area contributed by atoms with Crippen LogP contribution < -0.4 is 19.2 Å². The van der Waals surface area contributed by atoms with Gasteiger partial charge in [-0.15, -0.1) is 0 Å². The standard InChI is InChI=1S/C25H26BrN3O5S/c1-18-9-11-21(12-10-18)29(35(3,31)32)16-24(30)28-27-15-20-13-22(26)25(23(14-20)33-2)34-17-19-7-5-4-6-8-19/h4-15H,16-17H2,1-3H3,(H,28,30)/b27-15-. The number of nitrogens with one attached hydrogen (secondary N) is 1. The van der Waals surface area contributed by atoms with Gasteiger partial charge in [-0.25, -0.2) is 13.8 Å². The average Bonchev–Trinajstić information content (AvgIpc) is 2.82. The molecule has 0 aromatic heterocycles. The van der Waals surface area contributed by atoms with Crippen molar-refractivity contribution >= 4 is 43.8 Å². The summed E-state index contributed by atoms with van der Waals surface area (Å²) < 4.78 is 37.5. The Bertz CT molecular complexity index is 1300. The van der Waals surface area contributed by atoms with Gasteiger partial charge in [-0.05, 0) is 58.2 Å². The molecule has 0 saturated heterocycles. The molecule has 0 spiro atoms. The molecule has 3 rings (SSSR count). The van der Waals surface area contributed by atoms with Crippen LogP contribution in [0, 0.1) is 6.92 Å². The summed E-state index contributed by atoms with van der Waals surface area (Å²) in [6.45, 7) is 1.86. The Kier molecular flexibility index (Phi) is 8.89.